The first kappa shape index (κ1) is 10.7. The highest BCUT2D eigenvalue weighted by Crippen LogP contribution is 2.17. The minimum atomic E-state index is -1.71. The van der Waals surface area contributed by atoms with Crippen LogP contribution < -0.4 is 5.32 Å². The van der Waals surface area contributed by atoms with Crippen LogP contribution in [0.5, 0.6) is 0 Å². The van der Waals surface area contributed by atoms with E-state index in [1.807, 2.05) is 5.32 Å². The molecule has 0 aromatic heterocycles. The van der Waals surface area contributed by atoms with Crippen LogP contribution >= 0.6 is 0 Å². The van der Waals surface area contributed by atoms with Crippen LogP contribution in [0.2, 0.25) is 0 Å². The van der Waals surface area contributed by atoms with E-state index in [-0.39, 0.29) is 5.69 Å². The Morgan fingerprint density at radius 3 is 2.67 bits per heavy atom. The lowest BCUT2D eigenvalue weighted by atomic mass is 10.2. The van der Waals surface area contributed by atoms with Crippen LogP contribution in [0, 0.1) is 17.1 Å². The molecule has 0 spiro atoms. The van der Waals surface area contributed by atoms with Gasteiger partial charge in [-0.05, 0) is 12.1 Å². The Morgan fingerprint density at radius 1 is 1.47 bits per heavy atom. The summed E-state index contributed by atoms with van der Waals surface area (Å²) in [5.74, 6) is -3.85. The van der Waals surface area contributed by atoms with Crippen LogP contribution in [0.3, 0.4) is 0 Å². The van der Waals surface area contributed by atoms with Crippen molar-refractivity contribution in [2.75, 3.05) is 5.32 Å². The van der Waals surface area contributed by atoms with Gasteiger partial charge in [0.1, 0.15) is 17.4 Å². The minimum absolute atomic E-state index is 0.162. The molecule has 76 valence electrons. The van der Waals surface area contributed by atoms with E-state index in [2.05, 4.69) is 0 Å². The quantitative estimate of drug-likeness (QED) is 0.665. The van der Waals surface area contributed by atoms with Gasteiger partial charge in [0, 0.05) is 0 Å². The SMILES string of the molecule is N#Cc1c(F)cccc1NC(=O)C(=O)O. The van der Waals surface area contributed by atoms with Crippen molar-refractivity contribution in [3.8, 4) is 6.07 Å². The van der Waals surface area contributed by atoms with Crippen molar-refractivity contribution >= 4 is 17.6 Å². The zero-order chi connectivity index (χ0) is 11.4. The predicted octanol–water partition coefficient (Wildman–Crippen LogP) is 0.720. The van der Waals surface area contributed by atoms with E-state index in [1.165, 1.54) is 18.2 Å². The molecular weight excluding hydrogens is 203 g/mol. The van der Waals surface area contributed by atoms with Crippen molar-refractivity contribution < 1.29 is 19.1 Å². The van der Waals surface area contributed by atoms with Crippen molar-refractivity contribution in [1.82, 2.24) is 0 Å². The molecule has 0 radical (unpaired) electrons. The molecule has 0 unspecified atom stereocenters. The number of aliphatic carboxylic acids is 1. The molecule has 0 saturated carbocycles. The summed E-state index contributed by atoms with van der Waals surface area (Å²) in [6.45, 7) is 0. The average Bonchev–Trinajstić information content (AvgIpc) is 2.18. The third-order valence-electron chi connectivity index (χ3n) is 1.57. The fourth-order valence-corrected chi connectivity index (χ4v) is 0.918. The van der Waals surface area contributed by atoms with Gasteiger partial charge in [0.15, 0.2) is 0 Å². The van der Waals surface area contributed by atoms with Gasteiger partial charge in [-0.15, -0.1) is 0 Å². The molecule has 0 bridgehead atoms. The number of rotatable bonds is 1. The third-order valence-corrected chi connectivity index (χ3v) is 1.57. The van der Waals surface area contributed by atoms with E-state index in [1.54, 1.807) is 0 Å². The van der Waals surface area contributed by atoms with Crippen LogP contribution in [-0.4, -0.2) is 17.0 Å². The molecule has 0 aliphatic carbocycles. The van der Waals surface area contributed by atoms with Crippen molar-refractivity contribution in [2.24, 2.45) is 0 Å². The van der Waals surface area contributed by atoms with E-state index in [4.69, 9.17) is 10.4 Å². The molecule has 1 amide bonds. The normalized spacial score (nSPS) is 9.07. The van der Waals surface area contributed by atoms with Crippen LogP contribution in [0.4, 0.5) is 10.1 Å². The second-order valence-electron chi connectivity index (χ2n) is 2.53. The molecule has 0 saturated heterocycles. The number of benzene rings is 1. The van der Waals surface area contributed by atoms with Gasteiger partial charge < -0.3 is 10.4 Å². The van der Waals surface area contributed by atoms with Crippen LogP contribution in [-0.2, 0) is 9.59 Å². The average molecular weight is 208 g/mol. The van der Waals surface area contributed by atoms with Gasteiger partial charge in [-0.2, -0.15) is 5.26 Å². The molecule has 1 aromatic carbocycles. The van der Waals surface area contributed by atoms with E-state index < -0.39 is 23.3 Å². The lowest BCUT2D eigenvalue weighted by Gasteiger charge is -2.04. The lowest BCUT2D eigenvalue weighted by Crippen LogP contribution is -2.22. The standard InChI is InChI=1S/C9H5FN2O3/c10-6-2-1-3-7(5(6)4-11)12-8(13)9(14)15/h1-3H,(H,12,13)(H,14,15). The highest BCUT2D eigenvalue weighted by Gasteiger charge is 2.15. The number of carbonyl (C=O) groups excluding carboxylic acids is 1. The molecule has 15 heavy (non-hydrogen) atoms. The Morgan fingerprint density at radius 2 is 2.13 bits per heavy atom. The first-order chi connectivity index (χ1) is 7.06. The number of amides is 1. The number of nitriles is 1. The summed E-state index contributed by atoms with van der Waals surface area (Å²) in [7, 11) is 0. The van der Waals surface area contributed by atoms with Crippen molar-refractivity contribution in [2.45, 2.75) is 0 Å². The van der Waals surface area contributed by atoms with Gasteiger partial charge in [0.2, 0.25) is 0 Å². The molecule has 0 heterocycles. The lowest BCUT2D eigenvalue weighted by molar-refractivity contribution is -0.147. The molecule has 0 fully saturated rings. The molecule has 1 aromatic rings. The Bertz CT molecular complexity index is 465. The van der Waals surface area contributed by atoms with Gasteiger partial charge in [-0.1, -0.05) is 6.07 Å². The number of carboxylic acids is 1. The molecule has 0 aliphatic heterocycles. The summed E-state index contributed by atoms with van der Waals surface area (Å²) in [5, 5.41) is 18.8. The number of hydrogen-bond acceptors (Lipinski definition) is 3. The fraction of sp³-hybridized carbons (Fsp3) is 0. The number of carbonyl (C=O) groups is 2. The summed E-state index contributed by atoms with van der Waals surface area (Å²) in [6, 6.07) is 5.06. The van der Waals surface area contributed by atoms with Gasteiger partial charge in [-0.25, -0.2) is 9.18 Å². The summed E-state index contributed by atoms with van der Waals surface area (Å²) < 4.78 is 13.0. The number of hydrogen-bond donors (Lipinski definition) is 2. The highest BCUT2D eigenvalue weighted by atomic mass is 19.1. The first-order valence-corrected chi connectivity index (χ1v) is 3.79. The summed E-state index contributed by atoms with van der Waals surface area (Å²) in [4.78, 5) is 20.9. The summed E-state index contributed by atoms with van der Waals surface area (Å²) in [6.07, 6.45) is 0. The maximum Gasteiger partial charge on any atom is 0.394 e. The smallest absolute Gasteiger partial charge is 0.394 e. The van der Waals surface area contributed by atoms with E-state index in [9.17, 15) is 14.0 Å². The van der Waals surface area contributed by atoms with Gasteiger partial charge >= 0.3 is 11.9 Å². The molecule has 0 atom stereocenters. The number of nitrogens with zero attached hydrogens (tertiary/aromatic N) is 1. The maximum absolute atomic E-state index is 13.0. The maximum atomic E-state index is 13.0. The Labute approximate surface area is 83.8 Å². The molecule has 2 N–H and O–H groups in total. The molecule has 5 nitrogen and oxygen atoms in total. The summed E-state index contributed by atoms with van der Waals surface area (Å²) in [5.41, 5.74) is -0.558. The first-order valence-electron chi connectivity index (χ1n) is 3.79. The number of anilines is 1. The van der Waals surface area contributed by atoms with Crippen LogP contribution in [0.15, 0.2) is 18.2 Å². The van der Waals surface area contributed by atoms with Crippen molar-refractivity contribution in [1.29, 1.82) is 5.26 Å². The van der Waals surface area contributed by atoms with E-state index in [0.29, 0.717) is 0 Å². The molecule has 1 rings (SSSR count). The van der Waals surface area contributed by atoms with E-state index in [0.717, 1.165) is 6.07 Å². The van der Waals surface area contributed by atoms with Crippen molar-refractivity contribution in [3.63, 3.8) is 0 Å². The minimum Gasteiger partial charge on any atom is -0.474 e. The zero-order valence-corrected chi connectivity index (χ0v) is 7.32. The topological polar surface area (TPSA) is 90.2 Å². The Balaban J connectivity index is 3.06. The van der Waals surface area contributed by atoms with Gasteiger partial charge in [-0.3, -0.25) is 4.79 Å². The highest BCUT2D eigenvalue weighted by molar-refractivity contribution is 6.36. The number of carboxylic acid groups (broad SMARTS) is 1. The fourth-order valence-electron chi connectivity index (χ4n) is 0.918. The largest absolute Gasteiger partial charge is 0.474 e. The monoisotopic (exact) mass is 208 g/mol. The van der Waals surface area contributed by atoms with E-state index >= 15 is 0 Å². The third kappa shape index (κ3) is 2.28. The number of halogens is 1. The van der Waals surface area contributed by atoms with Crippen LogP contribution in [0.1, 0.15) is 5.56 Å². The second kappa shape index (κ2) is 4.19. The second-order valence-corrected chi connectivity index (χ2v) is 2.53. The predicted molar refractivity (Wildman–Crippen MR) is 47.4 cm³/mol. The molecule has 0 aliphatic rings. The van der Waals surface area contributed by atoms with Gasteiger partial charge in [0.05, 0.1) is 5.69 Å². The van der Waals surface area contributed by atoms with Crippen molar-refractivity contribution in [3.05, 3.63) is 29.6 Å². The summed E-state index contributed by atoms with van der Waals surface area (Å²) >= 11 is 0. The Kier molecular flexibility index (Phi) is 2.98. The molecular formula is C9H5FN2O3. The molecule has 6 heteroatoms. The van der Waals surface area contributed by atoms with Gasteiger partial charge in [0.25, 0.3) is 0 Å². The Hall–Kier alpha value is -2.42. The zero-order valence-electron chi connectivity index (χ0n) is 7.32. The number of nitrogens with one attached hydrogen (secondary N) is 1. The van der Waals surface area contributed by atoms with Crippen LogP contribution in [0.25, 0.3) is 0 Å².